The minimum atomic E-state index is -0.504. The first kappa shape index (κ1) is 12.9. The zero-order valence-corrected chi connectivity index (χ0v) is 11.1. The normalized spacial score (nSPS) is 12.4. The number of hydrogen-bond acceptors (Lipinski definition) is 3. The van der Waals surface area contributed by atoms with Crippen LogP contribution < -0.4 is 4.74 Å². The molecule has 2 rings (SSSR count). The fourth-order valence-electron chi connectivity index (χ4n) is 1.57. The van der Waals surface area contributed by atoms with E-state index in [1.54, 1.807) is 17.7 Å². The van der Waals surface area contributed by atoms with Crippen LogP contribution in [0.25, 0.3) is 0 Å². The number of benzene rings is 1. The van der Waals surface area contributed by atoms with Gasteiger partial charge in [-0.3, -0.25) is 0 Å². The third kappa shape index (κ3) is 2.83. The molecule has 0 fully saturated rings. The highest BCUT2D eigenvalue weighted by Gasteiger charge is 2.06. The largest absolute Gasteiger partial charge is 0.486 e. The molecule has 0 radical (unpaired) electrons. The van der Waals surface area contributed by atoms with Crippen LogP contribution in [0, 0.1) is 0 Å². The molecule has 0 amide bonds. The standard InChI is InChI=1S/C13H15ClN2O2/c1-9(17)10-4-3-5-11(6-10)18-8-13-15-7-12(14)16(13)2/h3-7,9,17H,8H2,1-2H3/t9-/m1/s1. The van der Waals surface area contributed by atoms with Crippen molar-refractivity contribution in [3.8, 4) is 5.75 Å². The summed E-state index contributed by atoms with van der Waals surface area (Å²) in [7, 11) is 1.83. The molecule has 0 unspecified atom stereocenters. The van der Waals surface area contributed by atoms with E-state index in [2.05, 4.69) is 4.98 Å². The van der Waals surface area contributed by atoms with Crippen molar-refractivity contribution in [2.24, 2.45) is 7.05 Å². The molecule has 0 aliphatic carbocycles. The summed E-state index contributed by atoms with van der Waals surface area (Å²) in [6, 6.07) is 7.36. The van der Waals surface area contributed by atoms with Gasteiger partial charge in [0.05, 0.1) is 12.3 Å². The summed E-state index contributed by atoms with van der Waals surface area (Å²) >= 11 is 5.89. The summed E-state index contributed by atoms with van der Waals surface area (Å²) in [5.41, 5.74) is 0.824. The summed E-state index contributed by atoms with van der Waals surface area (Å²) in [6.07, 6.45) is 1.09. The van der Waals surface area contributed by atoms with Crippen molar-refractivity contribution < 1.29 is 9.84 Å². The third-order valence-corrected chi connectivity index (χ3v) is 3.09. The number of rotatable bonds is 4. The molecule has 0 aliphatic heterocycles. The second-order valence-electron chi connectivity index (χ2n) is 4.09. The first-order valence-electron chi connectivity index (χ1n) is 5.65. The lowest BCUT2D eigenvalue weighted by molar-refractivity contribution is 0.198. The van der Waals surface area contributed by atoms with E-state index in [1.165, 1.54) is 0 Å². The fourth-order valence-corrected chi connectivity index (χ4v) is 1.72. The van der Waals surface area contributed by atoms with Gasteiger partial charge in [0.1, 0.15) is 23.3 Å². The van der Waals surface area contributed by atoms with E-state index in [1.807, 2.05) is 31.3 Å². The Bertz CT molecular complexity index is 538. The Labute approximate surface area is 111 Å². The van der Waals surface area contributed by atoms with E-state index < -0.39 is 6.10 Å². The maximum Gasteiger partial charge on any atom is 0.147 e. The van der Waals surface area contributed by atoms with Crippen molar-refractivity contribution >= 4 is 11.6 Å². The summed E-state index contributed by atoms with van der Waals surface area (Å²) in [4.78, 5) is 4.14. The topological polar surface area (TPSA) is 47.3 Å². The number of aliphatic hydroxyl groups is 1. The molecule has 4 nitrogen and oxygen atoms in total. The molecule has 1 aromatic heterocycles. The first-order chi connectivity index (χ1) is 8.58. The Morgan fingerprint density at radius 1 is 1.50 bits per heavy atom. The lowest BCUT2D eigenvalue weighted by Gasteiger charge is -2.09. The highest BCUT2D eigenvalue weighted by Crippen LogP contribution is 2.20. The van der Waals surface area contributed by atoms with Gasteiger partial charge in [0.25, 0.3) is 0 Å². The van der Waals surface area contributed by atoms with Gasteiger partial charge in [-0.15, -0.1) is 0 Å². The smallest absolute Gasteiger partial charge is 0.147 e. The Hall–Kier alpha value is -1.52. The Kier molecular flexibility index (Phi) is 3.89. The highest BCUT2D eigenvalue weighted by atomic mass is 35.5. The average Bonchev–Trinajstić information content (AvgIpc) is 2.68. The first-order valence-corrected chi connectivity index (χ1v) is 6.02. The maximum absolute atomic E-state index is 9.49. The summed E-state index contributed by atoms with van der Waals surface area (Å²) in [5.74, 6) is 1.45. The van der Waals surface area contributed by atoms with Crippen LogP contribution in [0.5, 0.6) is 5.75 Å². The molecule has 2 aromatic rings. The minimum absolute atomic E-state index is 0.340. The molecule has 0 spiro atoms. The molecule has 0 aliphatic rings. The van der Waals surface area contributed by atoms with Crippen LogP contribution >= 0.6 is 11.6 Å². The van der Waals surface area contributed by atoms with E-state index in [9.17, 15) is 5.11 Å². The van der Waals surface area contributed by atoms with Crippen molar-refractivity contribution in [3.05, 3.63) is 47.0 Å². The second-order valence-corrected chi connectivity index (χ2v) is 4.48. The van der Waals surface area contributed by atoms with Gasteiger partial charge < -0.3 is 14.4 Å². The van der Waals surface area contributed by atoms with Crippen molar-refractivity contribution in [1.82, 2.24) is 9.55 Å². The Balaban J connectivity index is 2.06. The molecule has 1 aromatic carbocycles. The van der Waals surface area contributed by atoms with Crippen LogP contribution in [0.4, 0.5) is 0 Å². The average molecular weight is 267 g/mol. The predicted octanol–water partition coefficient (Wildman–Crippen LogP) is 2.71. The van der Waals surface area contributed by atoms with Crippen molar-refractivity contribution in [2.75, 3.05) is 0 Å². The Morgan fingerprint density at radius 3 is 2.89 bits per heavy atom. The fraction of sp³-hybridized carbons (Fsp3) is 0.308. The number of halogens is 1. The molecule has 1 N–H and O–H groups in total. The van der Waals surface area contributed by atoms with Crippen molar-refractivity contribution in [1.29, 1.82) is 0 Å². The van der Waals surface area contributed by atoms with E-state index in [-0.39, 0.29) is 0 Å². The lowest BCUT2D eigenvalue weighted by atomic mass is 10.1. The van der Waals surface area contributed by atoms with E-state index >= 15 is 0 Å². The van der Waals surface area contributed by atoms with E-state index in [0.29, 0.717) is 17.5 Å². The van der Waals surface area contributed by atoms with Crippen molar-refractivity contribution in [2.45, 2.75) is 19.6 Å². The summed E-state index contributed by atoms with van der Waals surface area (Å²) < 4.78 is 7.39. The van der Waals surface area contributed by atoms with Crippen LogP contribution in [-0.2, 0) is 13.7 Å². The molecular formula is C13H15ClN2O2. The summed E-state index contributed by atoms with van der Waals surface area (Å²) in [5, 5.41) is 10.1. The quantitative estimate of drug-likeness (QED) is 0.926. The zero-order chi connectivity index (χ0) is 13.1. The molecule has 1 heterocycles. The number of aliphatic hydroxyl groups excluding tert-OH is 1. The molecule has 96 valence electrons. The molecule has 5 heteroatoms. The van der Waals surface area contributed by atoms with E-state index in [4.69, 9.17) is 16.3 Å². The molecular weight excluding hydrogens is 252 g/mol. The van der Waals surface area contributed by atoms with Gasteiger partial charge in [-0.05, 0) is 24.6 Å². The van der Waals surface area contributed by atoms with Crippen LogP contribution in [0.3, 0.4) is 0 Å². The second kappa shape index (κ2) is 5.42. The van der Waals surface area contributed by atoms with Gasteiger partial charge in [0, 0.05) is 7.05 Å². The van der Waals surface area contributed by atoms with Crippen LogP contribution in [-0.4, -0.2) is 14.7 Å². The molecule has 0 bridgehead atoms. The number of imidazole rings is 1. The van der Waals surface area contributed by atoms with Crippen molar-refractivity contribution in [3.63, 3.8) is 0 Å². The maximum atomic E-state index is 9.49. The third-order valence-electron chi connectivity index (χ3n) is 2.74. The van der Waals surface area contributed by atoms with Crippen LogP contribution in [0.1, 0.15) is 24.4 Å². The number of ether oxygens (including phenoxy) is 1. The number of aromatic nitrogens is 2. The van der Waals surface area contributed by atoms with Gasteiger partial charge in [-0.2, -0.15) is 0 Å². The molecule has 18 heavy (non-hydrogen) atoms. The van der Waals surface area contributed by atoms with Gasteiger partial charge in [0.15, 0.2) is 0 Å². The number of nitrogens with zero attached hydrogens (tertiary/aromatic N) is 2. The van der Waals surface area contributed by atoms with Gasteiger partial charge in [-0.1, -0.05) is 23.7 Å². The lowest BCUT2D eigenvalue weighted by Crippen LogP contribution is -2.04. The van der Waals surface area contributed by atoms with Gasteiger partial charge in [0.2, 0.25) is 0 Å². The van der Waals surface area contributed by atoms with Gasteiger partial charge >= 0.3 is 0 Å². The SMILES string of the molecule is C[C@@H](O)c1cccc(OCc2ncc(Cl)n2C)c1. The summed E-state index contributed by atoms with van der Waals surface area (Å²) in [6.45, 7) is 2.06. The Morgan fingerprint density at radius 2 is 2.28 bits per heavy atom. The van der Waals surface area contributed by atoms with Gasteiger partial charge in [-0.25, -0.2) is 4.98 Å². The zero-order valence-electron chi connectivity index (χ0n) is 10.3. The minimum Gasteiger partial charge on any atom is -0.486 e. The predicted molar refractivity (Wildman–Crippen MR) is 69.6 cm³/mol. The molecule has 1 atom stereocenters. The molecule has 0 saturated heterocycles. The van der Waals surface area contributed by atoms with Crippen LogP contribution in [0.2, 0.25) is 5.15 Å². The number of hydrogen-bond donors (Lipinski definition) is 1. The molecule has 0 saturated carbocycles. The highest BCUT2D eigenvalue weighted by molar-refractivity contribution is 6.29. The van der Waals surface area contributed by atoms with Crippen LogP contribution in [0.15, 0.2) is 30.5 Å². The monoisotopic (exact) mass is 266 g/mol. The van der Waals surface area contributed by atoms with E-state index in [0.717, 1.165) is 11.4 Å².